The maximum absolute atomic E-state index is 13.1. The Morgan fingerprint density at radius 2 is 1.89 bits per heavy atom. The van der Waals surface area contributed by atoms with Crippen molar-refractivity contribution in [3.63, 3.8) is 0 Å². The number of amides is 1. The van der Waals surface area contributed by atoms with Gasteiger partial charge >= 0.3 is 6.18 Å². The Balaban J connectivity index is 1.79. The summed E-state index contributed by atoms with van der Waals surface area (Å²) >= 11 is 0. The van der Waals surface area contributed by atoms with E-state index >= 15 is 0 Å². The van der Waals surface area contributed by atoms with E-state index in [1.165, 1.54) is 18.7 Å². The average molecular weight is 389 g/mol. The van der Waals surface area contributed by atoms with Gasteiger partial charge < -0.3 is 5.32 Å². The largest absolute Gasteiger partial charge is 0.433 e. The fraction of sp³-hybridized carbons (Fsp3) is 0.500. The topological polar surface area (TPSA) is 72.7 Å². The number of carbonyl (C=O) groups excluding carboxylic acids is 1. The van der Waals surface area contributed by atoms with Crippen LogP contribution in [-0.2, 0) is 6.18 Å². The summed E-state index contributed by atoms with van der Waals surface area (Å²) in [5.74, 6) is -1.85. The molecular weight excluding hydrogens is 373 g/mol. The first-order chi connectivity index (χ1) is 12.7. The molecule has 0 bridgehead atoms. The summed E-state index contributed by atoms with van der Waals surface area (Å²) in [6, 6.07) is 0.189. The van der Waals surface area contributed by atoms with Gasteiger partial charge in [0.15, 0.2) is 5.69 Å². The molecule has 2 aromatic heterocycles. The van der Waals surface area contributed by atoms with Crippen LogP contribution >= 0.6 is 0 Å². The van der Waals surface area contributed by atoms with Crippen molar-refractivity contribution >= 4 is 5.91 Å². The van der Waals surface area contributed by atoms with Crippen LogP contribution in [0.4, 0.5) is 22.0 Å². The molecule has 0 atom stereocenters. The number of nitrogens with zero attached hydrogens (tertiary/aromatic N) is 4. The van der Waals surface area contributed by atoms with Gasteiger partial charge in [0.2, 0.25) is 12.4 Å². The van der Waals surface area contributed by atoms with Gasteiger partial charge in [-0.05, 0) is 25.7 Å². The molecule has 0 spiro atoms. The number of halogens is 5. The first-order valence-electron chi connectivity index (χ1n) is 8.27. The van der Waals surface area contributed by atoms with Crippen LogP contribution in [-0.4, -0.2) is 37.9 Å². The molecule has 1 aliphatic rings. The SMILES string of the molecule is O=C(NC1CCC(C(F)F)CC1)c1cc(C(F)(F)F)nc(-n2ccnc2)n1. The maximum atomic E-state index is 13.1. The highest BCUT2D eigenvalue weighted by Gasteiger charge is 2.35. The summed E-state index contributed by atoms with van der Waals surface area (Å²) in [4.78, 5) is 23.4. The summed E-state index contributed by atoms with van der Waals surface area (Å²) in [6.07, 6.45) is -2.09. The number of nitrogens with one attached hydrogen (secondary N) is 1. The Bertz CT molecular complexity index is 785. The summed E-state index contributed by atoms with van der Waals surface area (Å²) < 4.78 is 65.9. The molecule has 6 nitrogen and oxygen atoms in total. The molecule has 1 aliphatic carbocycles. The highest BCUT2D eigenvalue weighted by molar-refractivity contribution is 5.92. The quantitative estimate of drug-likeness (QED) is 0.815. The van der Waals surface area contributed by atoms with Gasteiger partial charge in [0, 0.05) is 30.4 Å². The third-order valence-corrected chi connectivity index (χ3v) is 4.44. The van der Waals surface area contributed by atoms with Crippen molar-refractivity contribution in [2.45, 2.75) is 44.3 Å². The summed E-state index contributed by atoms with van der Waals surface area (Å²) in [7, 11) is 0. The molecule has 0 aromatic carbocycles. The molecule has 0 radical (unpaired) electrons. The second kappa shape index (κ2) is 7.57. The van der Waals surface area contributed by atoms with Crippen LogP contribution in [0.15, 0.2) is 24.8 Å². The zero-order valence-electron chi connectivity index (χ0n) is 14.0. The van der Waals surface area contributed by atoms with Crippen molar-refractivity contribution in [1.29, 1.82) is 0 Å². The Morgan fingerprint density at radius 1 is 1.19 bits per heavy atom. The zero-order valence-corrected chi connectivity index (χ0v) is 14.0. The lowest BCUT2D eigenvalue weighted by molar-refractivity contribution is -0.141. The van der Waals surface area contributed by atoms with E-state index in [4.69, 9.17) is 0 Å². The lowest BCUT2D eigenvalue weighted by Crippen LogP contribution is -2.39. The van der Waals surface area contributed by atoms with Gasteiger partial charge in [0.1, 0.15) is 12.0 Å². The first kappa shape index (κ1) is 19.2. The Labute approximate surface area is 150 Å². The van der Waals surface area contributed by atoms with E-state index in [0.29, 0.717) is 18.9 Å². The molecular formula is C16H16F5N5O. The van der Waals surface area contributed by atoms with E-state index in [2.05, 4.69) is 20.3 Å². The Morgan fingerprint density at radius 3 is 2.44 bits per heavy atom. The summed E-state index contributed by atoms with van der Waals surface area (Å²) in [5.41, 5.74) is -1.70. The van der Waals surface area contributed by atoms with Crippen LogP contribution in [0.2, 0.25) is 0 Å². The molecule has 2 aromatic rings. The van der Waals surface area contributed by atoms with Crippen molar-refractivity contribution in [2.75, 3.05) is 0 Å². The Kier molecular flexibility index (Phi) is 5.38. The number of aromatic nitrogens is 4. The van der Waals surface area contributed by atoms with Crippen LogP contribution in [0.5, 0.6) is 0 Å². The van der Waals surface area contributed by atoms with E-state index < -0.39 is 35.8 Å². The van der Waals surface area contributed by atoms with E-state index in [1.807, 2.05) is 0 Å². The van der Waals surface area contributed by atoms with Gasteiger partial charge in [-0.15, -0.1) is 0 Å². The molecule has 2 heterocycles. The molecule has 3 rings (SSSR count). The van der Waals surface area contributed by atoms with E-state index in [9.17, 15) is 26.7 Å². The van der Waals surface area contributed by atoms with Crippen LogP contribution < -0.4 is 5.32 Å². The second-order valence-corrected chi connectivity index (χ2v) is 6.33. The van der Waals surface area contributed by atoms with Crippen LogP contribution in [0.3, 0.4) is 0 Å². The van der Waals surface area contributed by atoms with Gasteiger partial charge in [-0.2, -0.15) is 13.2 Å². The predicted molar refractivity (Wildman–Crippen MR) is 83.4 cm³/mol. The zero-order chi connectivity index (χ0) is 19.6. The van der Waals surface area contributed by atoms with E-state index in [1.54, 1.807) is 0 Å². The minimum absolute atomic E-state index is 0.250. The lowest BCUT2D eigenvalue weighted by Gasteiger charge is -2.28. The predicted octanol–water partition coefficient (Wildman–Crippen LogP) is 3.23. The number of carbonyl (C=O) groups is 1. The molecule has 1 amide bonds. The highest BCUT2D eigenvalue weighted by atomic mass is 19.4. The second-order valence-electron chi connectivity index (χ2n) is 6.33. The summed E-state index contributed by atoms with van der Waals surface area (Å²) in [6.45, 7) is 0. The summed E-state index contributed by atoms with van der Waals surface area (Å²) in [5, 5.41) is 2.58. The molecule has 1 N–H and O–H groups in total. The van der Waals surface area contributed by atoms with Gasteiger partial charge in [0.25, 0.3) is 5.91 Å². The van der Waals surface area contributed by atoms with Gasteiger partial charge in [-0.3, -0.25) is 9.36 Å². The third kappa shape index (κ3) is 4.58. The van der Waals surface area contributed by atoms with Gasteiger partial charge in [-0.1, -0.05) is 0 Å². The van der Waals surface area contributed by atoms with Crippen LogP contribution in [0.1, 0.15) is 41.9 Å². The number of hydrogen-bond acceptors (Lipinski definition) is 4. The average Bonchev–Trinajstić information content (AvgIpc) is 3.15. The van der Waals surface area contributed by atoms with Crippen molar-refractivity contribution in [3.05, 3.63) is 36.2 Å². The Hall–Kier alpha value is -2.59. The first-order valence-corrected chi connectivity index (χ1v) is 8.27. The molecule has 0 saturated heterocycles. The van der Waals surface area contributed by atoms with Crippen LogP contribution in [0.25, 0.3) is 5.95 Å². The standard InChI is InChI=1S/C16H16F5N5O/c17-13(18)9-1-3-10(4-2-9)23-14(27)11-7-12(16(19,20)21)25-15(24-11)26-6-5-22-8-26/h5-10,13H,1-4H2,(H,23,27). The number of hydrogen-bond donors (Lipinski definition) is 1. The minimum Gasteiger partial charge on any atom is -0.348 e. The number of rotatable bonds is 4. The van der Waals surface area contributed by atoms with E-state index in [0.717, 1.165) is 4.57 Å². The molecule has 27 heavy (non-hydrogen) atoms. The smallest absolute Gasteiger partial charge is 0.348 e. The van der Waals surface area contributed by atoms with Gasteiger partial charge in [0.05, 0.1) is 0 Å². The molecule has 146 valence electrons. The molecule has 0 unspecified atom stereocenters. The van der Waals surface area contributed by atoms with Crippen LogP contribution in [0, 0.1) is 5.92 Å². The van der Waals surface area contributed by atoms with Crippen molar-refractivity contribution in [3.8, 4) is 5.95 Å². The highest BCUT2D eigenvalue weighted by Crippen LogP contribution is 2.30. The number of alkyl halides is 5. The molecule has 11 heteroatoms. The third-order valence-electron chi connectivity index (χ3n) is 4.44. The van der Waals surface area contributed by atoms with Crippen molar-refractivity contribution < 1.29 is 26.7 Å². The van der Waals surface area contributed by atoms with Gasteiger partial charge in [-0.25, -0.2) is 23.7 Å². The fourth-order valence-electron chi connectivity index (χ4n) is 2.96. The van der Waals surface area contributed by atoms with Crippen molar-refractivity contribution in [2.24, 2.45) is 5.92 Å². The maximum Gasteiger partial charge on any atom is 0.433 e. The minimum atomic E-state index is -4.76. The van der Waals surface area contributed by atoms with Crippen molar-refractivity contribution in [1.82, 2.24) is 24.8 Å². The lowest BCUT2D eigenvalue weighted by atomic mass is 9.86. The van der Waals surface area contributed by atoms with E-state index in [-0.39, 0.29) is 24.8 Å². The molecule has 1 fully saturated rings. The normalized spacial score (nSPS) is 20.7. The molecule has 0 aliphatic heterocycles. The fourth-order valence-corrected chi connectivity index (χ4v) is 2.96. The molecule has 1 saturated carbocycles. The number of imidazole rings is 1. The monoisotopic (exact) mass is 389 g/mol.